The predicted octanol–water partition coefficient (Wildman–Crippen LogP) is 1.32. The summed E-state index contributed by atoms with van der Waals surface area (Å²) in [6.45, 7) is 3.38. The summed E-state index contributed by atoms with van der Waals surface area (Å²) in [6, 6.07) is 4.83. The number of nitro benzene ring substituents is 1. The molecule has 1 aromatic rings. The molecule has 0 aromatic heterocycles. The molecule has 0 spiro atoms. The van der Waals surface area contributed by atoms with E-state index in [1.165, 1.54) is 6.07 Å². The predicted molar refractivity (Wildman–Crippen MR) is 70.9 cm³/mol. The molecule has 19 heavy (non-hydrogen) atoms. The van der Waals surface area contributed by atoms with Crippen LogP contribution < -0.4 is 5.73 Å². The van der Waals surface area contributed by atoms with Crippen molar-refractivity contribution in [3.63, 3.8) is 0 Å². The number of amides is 1. The molecule has 1 unspecified atom stereocenters. The van der Waals surface area contributed by atoms with Crippen LogP contribution in [-0.4, -0.2) is 35.4 Å². The highest BCUT2D eigenvalue weighted by molar-refractivity contribution is 5.98. The largest absolute Gasteiger partial charge is 0.338 e. The van der Waals surface area contributed by atoms with Crippen LogP contribution in [0.1, 0.15) is 22.3 Å². The van der Waals surface area contributed by atoms with E-state index < -0.39 is 4.92 Å². The molecular weight excluding hydrogens is 246 g/mol. The van der Waals surface area contributed by atoms with Crippen molar-refractivity contribution < 1.29 is 9.72 Å². The first-order valence-corrected chi connectivity index (χ1v) is 6.28. The Hall–Kier alpha value is -1.95. The Kier molecular flexibility index (Phi) is 3.80. The molecule has 0 radical (unpaired) electrons. The summed E-state index contributed by atoms with van der Waals surface area (Å²) >= 11 is 0. The van der Waals surface area contributed by atoms with Crippen molar-refractivity contribution in [2.45, 2.75) is 13.3 Å². The Morgan fingerprint density at radius 1 is 1.58 bits per heavy atom. The minimum atomic E-state index is -0.487. The Labute approximate surface area is 111 Å². The summed E-state index contributed by atoms with van der Waals surface area (Å²) in [5.74, 6) is 0.0270. The molecule has 102 valence electrons. The summed E-state index contributed by atoms with van der Waals surface area (Å²) in [6.07, 6.45) is 0.863. The topological polar surface area (TPSA) is 89.5 Å². The average Bonchev–Trinajstić information content (AvgIpc) is 2.85. The summed E-state index contributed by atoms with van der Waals surface area (Å²) in [5.41, 5.74) is 6.17. The van der Waals surface area contributed by atoms with Crippen molar-refractivity contribution in [3.8, 4) is 0 Å². The van der Waals surface area contributed by atoms with E-state index in [0.29, 0.717) is 31.1 Å². The Balaban J connectivity index is 2.30. The van der Waals surface area contributed by atoms with Gasteiger partial charge < -0.3 is 10.6 Å². The number of carbonyl (C=O) groups excluding carboxylic acids is 1. The summed E-state index contributed by atoms with van der Waals surface area (Å²) < 4.78 is 0. The standard InChI is InChI=1S/C13H17N3O3/c1-9-3-2-4-11(12(9)16(18)19)13(17)15-6-5-10(7-14)8-15/h2-4,10H,5-8,14H2,1H3. The molecule has 1 aliphatic heterocycles. The molecule has 0 aliphatic carbocycles. The van der Waals surface area contributed by atoms with Crippen LogP contribution in [-0.2, 0) is 0 Å². The molecule has 1 fully saturated rings. The number of para-hydroxylation sites is 1. The zero-order valence-corrected chi connectivity index (χ0v) is 10.8. The second-order valence-corrected chi connectivity index (χ2v) is 4.87. The van der Waals surface area contributed by atoms with Crippen molar-refractivity contribution >= 4 is 11.6 Å². The molecule has 1 amide bonds. The van der Waals surface area contributed by atoms with E-state index in [2.05, 4.69) is 0 Å². The molecular formula is C13H17N3O3. The fraction of sp³-hybridized carbons (Fsp3) is 0.462. The third-order valence-electron chi connectivity index (χ3n) is 3.56. The quantitative estimate of drug-likeness (QED) is 0.658. The summed E-state index contributed by atoms with van der Waals surface area (Å²) in [4.78, 5) is 24.6. The number of hydrogen-bond acceptors (Lipinski definition) is 4. The van der Waals surface area contributed by atoms with Gasteiger partial charge >= 0.3 is 0 Å². The van der Waals surface area contributed by atoms with Gasteiger partial charge in [0.15, 0.2) is 0 Å². The zero-order valence-electron chi connectivity index (χ0n) is 10.8. The van der Waals surface area contributed by atoms with Gasteiger partial charge in [0.1, 0.15) is 5.56 Å². The molecule has 1 aromatic carbocycles. The number of hydrogen-bond donors (Lipinski definition) is 1. The van der Waals surface area contributed by atoms with E-state index in [9.17, 15) is 14.9 Å². The van der Waals surface area contributed by atoms with E-state index >= 15 is 0 Å². The van der Waals surface area contributed by atoms with Crippen LogP contribution in [0.5, 0.6) is 0 Å². The number of aryl methyl sites for hydroxylation is 1. The van der Waals surface area contributed by atoms with Gasteiger partial charge in [0.05, 0.1) is 4.92 Å². The number of rotatable bonds is 3. The first kappa shape index (κ1) is 13.5. The van der Waals surface area contributed by atoms with Crippen molar-refractivity contribution in [3.05, 3.63) is 39.4 Å². The lowest BCUT2D eigenvalue weighted by Crippen LogP contribution is -2.30. The summed E-state index contributed by atoms with van der Waals surface area (Å²) in [5, 5.41) is 11.1. The van der Waals surface area contributed by atoms with Gasteiger partial charge in [-0.3, -0.25) is 14.9 Å². The highest BCUT2D eigenvalue weighted by Gasteiger charge is 2.30. The van der Waals surface area contributed by atoms with Crippen LogP contribution in [0, 0.1) is 23.0 Å². The van der Waals surface area contributed by atoms with Gasteiger partial charge in [-0.05, 0) is 31.9 Å². The van der Waals surface area contributed by atoms with E-state index in [-0.39, 0.29) is 17.2 Å². The van der Waals surface area contributed by atoms with E-state index in [1.54, 1.807) is 24.0 Å². The van der Waals surface area contributed by atoms with Crippen LogP contribution in [0.4, 0.5) is 5.69 Å². The first-order valence-electron chi connectivity index (χ1n) is 6.28. The fourth-order valence-corrected chi connectivity index (χ4v) is 2.45. The Morgan fingerprint density at radius 3 is 2.89 bits per heavy atom. The van der Waals surface area contributed by atoms with Gasteiger partial charge in [-0.25, -0.2) is 0 Å². The SMILES string of the molecule is Cc1cccc(C(=O)N2CCC(CN)C2)c1[N+](=O)[O-]. The molecule has 0 saturated carbocycles. The molecule has 1 aliphatic rings. The van der Waals surface area contributed by atoms with E-state index in [4.69, 9.17) is 5.73 Å². The van der Waals surface area contributed by atoms with Gasteiger partial charge in [-0.1, -0.05) is 12.1 Å². The minimum Gasteiger partial charge on any atom is -0.338 e. The van der Waals surface area contributed by atoms with Gasteiger partial charge in [-0.15, -0.1) is 0 Å². The Bertz CT molecular complexity index is 516. The zero-order chi connectivity index (χ0) is 14.0. The first-order chi connectivity index (χ1) is 9.04. The molecule has 2 N–H and O–H groups in total. The molecule has 0 bridgehead atoms. The van der Waals surface area contributed by atoms with E-state index in [1.807, 2.05) is 0 Å². The average molecular weight is 263 g/mol. The van der Waals surface area contributed by atoms with Crippen LogP contribution in [0.25, 0.3) is 0 Å². The Morgan fingerprint density at radius 2 is 2.32 bits per heavy atom. The van der Waals surface area contributed by atoms with Crippen LogP contribution in [0.2, 0.25) is 0 Å². The lowest BCUT2D eigenvalue weighted by Gasteiger charge is -2.16. The third-order valence-corrected chi connectivity index (χ3v) is 3.56. The molecule has 6 nitrogen and oxygen atoms in total. The normalized spacial score (nSPS) is 18.6. The number of nitro groups is 1. The number of nitrogens with zero attached hydrogens (tertiary/aromatic N) is 2. The van der Waals surface area contributed by atoms with Crippen molar-refractivity contribution in [2.24, 2.45) is 11.7 Å². The van der Waals surface area contributed by atoms with Crippen LogP contribution in [0.3, 0.4) is 0 Å². The maximum absolute atomic E-state index is 12.4. The number of likely N-dealkylation sites (tertiary alicyclic amines) is 1. The van der Waals surface area contributed by atoms with Gasteiger partial charge in [0.2, 0.25) is 0 Å². The summed E-state index contributed by atoms with van der Waals surface area (Å²) in [7, 11) is 0. The van der Waals surface area contributed by atoms with Gasteiger partial charge in [0.25, 0.3) is 11.6 Å². The minimum absolute atomic E-state index is 0.0938. The van der Waals surface area contributed by atoms with Crippen LogP contribution in [0.15, 0.2) is 18.2 Å². The monoisotopic (exact) mass is 263 g/mol. The maximum Gasteiger partial charge on any atom is 0.285 e. The number of nitrogens with two attached hydrogens (primary N) is 1. The van der Waals surface area contributed by atoms with Gasteiger partial charge in [-0.2, -0.15) is 0 Å². The maximum atomic E-state index is 12.4. The smallest absolute Gasteiger partial charge is 0.285 e. The van der Waals surface area contributed by atoms with Crippen molar-refractivity contribution in [2.75, 3.05) is 19.6 Å². The van der Waals surface area contributed by atoms with Gasteiger partial charge in [0, 0.05) is 18.7 Å². The second-order valence-electron chi connectivity index (χ2n) is 4.87. The molecule has 1 heterocycles. The fourth-order valence-electron chi connectivity index (χ4n) is 2.45. The lowest BCUT2D eigenvalue weighted by atomic mass is 10.1. The highest BCUT2D eigenvalue weighted by atomic mass is 16.6. The third kappa shape index (κ3) is 2.58. The highest BCUT2D eigenvalue weighted by Crippen LogP contribution is 2.26. The molecule has 1 atom stereocenters. The van der Waals surface area contributed by atoms with Crippen molar-refractivity contribution in [1.29, 1.82) is 0 Å². The molecule has 2 rings (SSSR count). The van der Waals surface area contributed by atoms with Crippen molar-refractivity contribution in [1.82, 2.24) is 4.90 Å². The molecule has 1 saturated heterocycles. The second kappa shape index (κ2) is 5.36. The van der Waals surface area contributed by atoms with Crippen LogP contribution >= 0.6 is 0 Å². The van der Waals surface area contributed by atoms with E-state index in [0.717, 1.165) is 6.42 Å². The number of carbonyl (C=O) groups is 1. The lowest BCUT2D eigenvalue weighted by molar-refractivity contribution is -0.385. The molecule has 6 heteroatoms. The number of benzene rings is 1.